The molecule has 0 radical (unpaired) electrons. The predicted molar refractivity (Wildman–Crippen MR) is 67.1 cm³/mol. The van der Waals surface area contributed by atoms with E-state index in [-0.39, 0.29) is 11.8 Å². The van der Waals surface area contributed by atoms with E-state index in [1.54, 1.807) is 36.2 Å². The zero-order chi connectivity index (χ0) is 13.1. The first-order valence-corrected chi connectivity index (χ1v) is 5.86. The quantitative estimate of drug-likeness (QED) is 0.761. The normalized spacial score (nSPS) is 15.0. The minimum atomic E-state index is -0.211. The fraction of sp³-hybridized carbons (Fsp3) is 0.385. The second kappa shape index (κ2) is 5.18. The first kappa shape index (κ1) is 12.6. The molecule has 1 aromatic rings. The second-order valence-electron chi connectivity index (χ2n) is 4.18. The van der Waals surface area contributed by atoms with Crippen LogP contribution in [0.4, 0.5) is 5.69 Å². The molecule has 1 saturated heterocycles. The number of hydroxylamine groups is 2. The lowest BCUT2D eigenvalue weighted by atomic mass is 10.2. The minimum Gasteiger partial charge on any atom is -0.312 e. The summed E-state index contributed by atoms with van der Waals surface area (Å²) in [6.45, 7) is 0.754. The van der Waals surface area contributed by atoms with E-state index in [9.17, 15) is 9.59 Å². The molecule has 0 spiro atoms. The van der Waals surface area contributed by atoms with Crippen molar-refractivity contribution in [2.24, 2.45) is 0 Å². The molecule has 0 atom stereocenters. The summed E-state index contributed by atoms with van der Waals surface area (Å²) in [4.78, 5) is 29.9. The van der Waals surface area contributed by atoms with Gasteiger partial charge in [0.2, 0.25) is 5.91 Å². The van der Waals surface area contributed by atoms with Gasteiger partial charge in [-0.25, -0.2) is 5.06 Å². The van der Waals surface area contributed by atoms with E-state index in [1.165, 1.54) is 7.11 Å². The fourth-order valence-corrected chi connectivity index (χ4v) is 1.97. The number of anilines is 1. The molecule has 5 nitrogen and oxygen atoms in total. The summed E-state index contributed by atoms with van der Waals surface area (Å²) in [6, 6.07) is 7.00. The van der Waals surface area contributed by atoms with Gasteiger partial charge in [-0.05, 0) is 30.7 Å². The number of carbonyl (C=O) groups is 2. The lowest BCUT2D eigenvalue weighted by Crippen LogP contribution is -2.26. The summed E-state index contributed by atoms with van der Waals surface area (Å²) in [5.41, 5.74) is 1.38. The van der Waals surface area contributed by atoms with E-state index in [0.717, 1.165) is 23.7 Å². The van der Waals surface area contributed by atoms with Crippen LogP contribution in [0.25, 0.3) is 0 Å². The fourth-order valence-electron chi connectivity index (χ4n) is 1.97. The maximum Gasteiger partial charge on any atom is 0.277 e. The van der Waals surface area contributed by atoms with E-state index in [4.69, 9.17) is 4.84 Å². The number of nitrogens with zero attached hydrogens (tertiary/aromatic N) is 2. The molecule has 1 heterocycles. The Morgan fingerprint density at radius 1 is 1.33 bits per heavy atom. The van der Waals surface area contributed by atoms with Gasteiger partial charge in [0.25, 0.3) is 5.91 Å². The Balaban J connectivity index is 2.15. The van der Waals surface area contributed by atoms with Crippen LogP contribution in [0.15, 0.2) is 24.3 Å². The Labute approximate surface area is 106 Å². The molecule has 0 saturated carbocycles. The highest BCUT2D eigenvalue weighted by atomic mass is 16.7. The summed E-state index contributed by atoms with van der Waals surface area (Å²) in [7, 11) is 3.00. The maximum atomic E-state index is 11.8. The van der Waals surface area contributed by atoms with Crippen molar-refractivity contribution < 1.29 is 14.4 Å². The lowest BCUT2D eigenvalue weighted by Gasteiger charge is -2.17. The first-order valence-electron chi connectivity index (χ1n) is 5.86. The number of hydrogen-bond acceptors (Lipinski definition) is 3. The van der Waals surface area contributed by atoms with Gasteiger partial charge in [-0.2, -0.15) is 0 Å². The van der Waals surface area contributed by atoms with Crippen LogP contribution in [-0.2, 0) is 9.63 Å². The van der Waals surface area contributed by atoms with Crippen LogP contribution in [0.3, 0.4) is 0 Å². The predicted octanol–water partition coefficient (Wildman–Crippen LogP) is 1.45. The Bertz CT molecular complexity index is 456. The Kier molecular flexibility index (Phi) is 3.62. The molecule has 0 aliphatic carbocycles. The topological polar surface area (TPSA) is 49.9 Å². The number of hydrogen-bond donors (Lipinski definition) is 0. The van der Waals surface area contributed by atoms with Crippen molar-refractivity contribution in [1.29, 1.82) is 0 Å². The molecule has 1 aromatic carbocycles. The average molecular weight is 248 g/mol. The zero-order valence-electron chi connectivity index (χ0n) is 10.5. The Morgan fingerprint density at radius 3 is 2.50 bits per heavy atom. The molecular formula is C13H16N2O3. The smallest absolute Gasteiger partial charge is 0.277 e. The van der Waals surface area contributed by atoms with Crippen molar-refractivity contribution in [1.82, 2.24) is 5.06 Å². The molecule has 18 heavy (non-hydrogen) atoms. The zero-order valence-corrected chi connectivity index (χ0v) is 10.5. The number of carbonyl (C=O) groups excluding carboxylic acids is 2. The highest BCUT2D eigenvalue weighted by Gasteiger charge is 2.21. The van der Waals surface area contributed by atoms with Crippen molar-refractivity contribution in [2.45, 2.75) is 12.8 Å². The monoisotopic (exact) mass is 248 g/mol. The van der Waals surface area contributed by atoms with Crippen molar-refractivity contribution in [2.75, 3.05) is 25.6 Å². The average Bonchev–Trinajstić information content (AvgIpc) is 2.83. The summed E-state index contributed by atoms with van der Waals surface area (Å²) in [5, 5.41) is 1.16. The summed E-state index contributed by atoms with van der Waals surface area (Å²) < 4.78 is 0. The van der Waals surface area contributed by atoms with Gasteiger partial charge in [0.05, 0.1) is 7.11 Å². The van der Waals surface area contributed by atoms with Crippen LogP contribution in [-0.4, -0.2) is 37.6 Å². The van der Waals surface area contributed by atoms with Gasteiger partial charge in [0.1, 0.15) is 0 Å². The standard InChI is InChI=1S/C13H16N2O3/c1-14(18-2)13(17)10-5-7-11(8-6-10)15-9-3-4-12(15)16/h5-8H,3-4,9H2,1-2H3. The van der Waals surface area contributed by atoms with Crippen LogP contribution in [0.2, 0.25) is 0 Å². The lowest BCUT2D eigenvalue weighted by molar-refractivity contribution is -0.117. The third-order valence-corrected chi connectivity index (χ3v) is 3.06. The van der Waals surface area contributed by atoms with Gasteiger partial charge in [-0.15, -0.1) is 0 Å². The van der Waals surface area contributed by atoms with E-state index in [0.29, 0.717) is 12.0 Å². The maximum absolute atomic E-state index is 11.8. The number of amides is 2. The number of benzene rings is 1. The molecule has 96 valence electrons. The molecule has 0 bridgehead atoms. The molecule has 0 N–H and O–H groups in total. The molecule has 1 fully saturated rings. The molecule has 1 aliphatic rings. The molecule has 2 rings (SSSR count). The van der Waals surface area contributed by atoms with Gasteiger partial charge in [0.15, 0.2) is 0 Å². The summed E-state index contributed by atoms with van der Waals surface area (Å²) in [6.07, 6.45) is 1.50. The first-order chi connectivity index (χ1) is 8.63. The Morgan fingerprint density at radius 2 is 2.00 bits per heavy atom. The molecule has 5 heteroatoms. The van der Waals surface area contributed by atoms with Crippen molar-refractivity contribution in [3.05, 3.63) is 29.8 Å². The van der Waals surface area contributed by atoms with Crippen molar-refractivity contribution in [3.8, 4) is 0 Å². The van der Waals surface area contributed by atoms with Crippen molar-refractivity contribution in [3.63, 3.8) is 0 Å². The van der Waals surface area contributed by atoms with Crippen LogP contribution in [0.5, 0.6) is 0 Å². The van der Waals surface area contributed by atoms with Gasteiger partial charge in [-0.3, -0.25) is 14.4 Å². The van der Waals surface area contributed by atoms with Crippen LogP contribution >= 0.6 is 0 Å². The van der Waals surface area contributed by atoms with Crippen LogP contribution < -0.4 is 4.90 Å². The highest BCUT2D eigenvalue weighted by molar-refractivity contribution is 5.97. The van der Waals surface area contributed by atoms with Crippen LogP contribution in [0, 0.1) is 0 Å². The van der Waals surface area contributed by atoms with E-state index >= 15 is 0 Å². The molecule has 0 aromatic heterocycles. The third kappa shape index (κ3) is 2.36. The molecular weight excluding hydrogens is 232 g/mol. The van der Waals surface area contributed by atoms with Crippen LogP contribution in [0.1, 0.15) is 23.2 Å². The number of rotatable bonds is 3. The third-order valence-electron chi connectivity index (χ3n) is 3.06. The second-order valence-corrected chi connectivity index (χ2v) is 4.18. The highest BCUT2D eigenvalue weighted by Crippen LogP contribution is 2.21. The molecule has 1 aliphatic heterocycles. The summed E-state index contributed by atoms with van der Waals surface area (Å²) in [5.74, 6) is -0.0696. The molecule has 0 unspecified atom stereocenters. The summed E-state index contributed by atoms with van der Waals surface area (Å²) >= 11 is 0. The van der Waals surface area contributed by atoms with E-state index in [1.807, 2.05) is 0 Å². The Hall–Kier alpha value is -1.88. The van der Waals surface area contributed by atoms with Gasteiger partial charge in [0, 0.05) is 31.3 Å². The largest absolute Gasteiger partial charge is 0.312 e. The van der Waals surface area contributed by atoms with Crippen molar-refractivity contribution >= 4 is 17.5 Å². The SMILES string of the molecule is CON(C)C(=O)c1ccc(N2CCCC2=O)cc1. The van der Waals surface area contributed by atoms with Gasteiger partial charge >= 0.3 is 0 Å². The van der Waals surface area contributed by atoms with E-state index in [2.05, 4.69) is 0 Å². The van der Waals surface area contributed by atoms with Gasteiger partial charge in [-0.1, -0.05) is 0 Å². The van der Waals surface area contributed by atoms with Gasteiger partial charge < -0.3 is 4.90 Å². The van der Waals surface area contributed by atoms with E-state index < -0.39 is 0 Å². The minimum absolute atomic E-state index is 0.142. The molecule has 2 amide bonds.